The molecule has 2 rings (SSSR count). The van der Waals surface area contributed by atoms with E-state index in [0.717, 1.165) is 17.1 Å². The summed E-state index contributed by atoms with van der Waals surface area (Å²) in [5.41, 5.74) is 1.66. The van der Waals surface area contributed by atoms with Crippen LogP contribution in [0.2, 0.25) is 0 Å². The van der Waals surface area contributed by atoms with E-state index in [1.54, 1.807) is 25.5 Å². The van der Waals surface area contributed by atoms with Gasteiger partial charge in [0.1, 0.15) is 16.6 Å². The molecule has 0 amide bonds. The molecule has 80 valence electrons. The molecule has 0 aliphatic carbocycles. The Bertz CT molecular complexity index is 406. The average molecular weight is 227 g/mol. The monoisotopic (exact) mass is 226 g/mol. The van der Waals surface area contributed by atoms with Crippen LogP contribution in [0.5, 0.6) is 5.75 Å². The number of hydrogen-bond acceptors (Lipinski definition) is 4. The Morgan fingerprint density at radius 1 is 1.33 bits per heavy atom. The Balaban J connectivity index is 2.50. The zero-order valence-corrected chi connectivity index (χ0v) is 9.21. The Labute approximate surface area is 93.0 Å². The Kier molecular flexibility index (Phi) is 2.70. The lowest BCUT2D eigenvalue weighted by Crippen LogP contribution is -2.21. The second-order valence-corrected chi connectivity index (χ2v) is 3.37. The molecule has 1 aromatic carbocycles. The minimum atomic E-state index is 0.480. The Hall–Kier alpha value is -1.39. The average Bonchev–Trinajstić information content (AvgIpc) is 2.27. The van der Waals surface area contributed by atoms with E-state index >= 15 is 0 Å². The number of halogens is 1. The number of para-hydroxylation sites is 1. The van der Waals surface area contributed by atoms with Crippen LogP contribution < -0.4 is 15.1 Å². The van der Waals surface area contributed by atoms with Crippen molar-refractivity contribution in [3.05, 3.63) is 29.6 Å². The summed E-state index contributed by atoms with van der Waals surface area (Å²) in [5, 5.41) is 5.08. The Morgan fingerprint density at radius 2 is 2.13 bits per heavy atom. The number of hydroxylamine groups is 1. The maximum absolute atomic E-state index is 5.92. The predicted molar refractivity (Wildman–Crippen MR) is 60.0 cm³/mol. The van der Waals surface area contributed by atoms with Crippen LogP contribution in [0.3, 0.4) is 0 Å². The summed E-state index contributed by atoms with van der Waals surface area (Å²) in [5.74, 6) is 0.723. The van der Waals surface area contributed by atoms with Gasteiger partial charge in [-0.3, -0.25) is 4.84 Å². The highest BCUT2D eigenvalue weighted by atomic mass is 35.5. The molecule has 0 atom stereocenters. The summed E-state index contributed by atoms with van der Waals surface area (Å²) in [7, 11) is 3.19. The van der Waals surface area contributed by atoms with Gasteiger partial charge >= 0.3 is 0 Å². The first kappa shape index (κ1) is 10.1. The van der Waals surface area contributed by atoms with Gasteiger partial charge in [0, 0.05) is 0 Å². The molecule has 0 aromatic heterocycles. The number of nitrogens with one attached hydrogen (secondary N) is 1. The molecule has 0 fully saturated rings. The molecule has 0 unspecified atom stereocenters. The molecule has 1 aliphatic rings. The van der Waals surface area contributed by atoms with Crippen molar-refractivity contribution in [1.82, 2.24) is 0 Å². The van der Waals surface area contributed by atoms with Crippen molar-refractivity contribution in [2.45, 2.75) is 0 Å². The normalized spacial score (nSPS) is 14.1. The van der Waals surface area contributed by atoms with Crippen LogP contribution in [0.15, 0.2) is 29.6 Å². The quantitative estimate of drug-likeness (QED) is 0.786. The third-order valence-corrected chi connectivity index (χ3v) is 2.33. The minimum absolute atomic E-state index is 0.480. The second kappa shape index (κ2) is 4.00. The number of anilines is 2. The number of rotatable bonds is 2. The minimum Gasteiger partial charge on any atom is -0.494 e. The number of ether oxygens (including phenoxy) is 1. The van der Waals surface area contributed by atoms with Gasteiger partial charge in [0.2, 0.25) is 0 Å². The van der Waals surface area contributed by atoms with Gasteiger partial charge in [-0.05, 0) is 12.1 Å². The first-order valence-electron chi connectivity index (χ1n) is 4.41. The van der Waals surface area contributed by atoms with E-state index in [0.29, 0.717) is 5.16 Å². The van der Waals surface area contributed by atoms with Crippen LogP contribution in [-0.4, -0.2) is 14.2 Å². The highest BCUT2D eigenvalue weighted by Gasteiger charge is 2.19. The Morgan fingerprint density at radius 3 is 2.80 bits per heavy atom. The molecule has 15 heavy (non-hydrogen) atoms. The molecule has 5 heteroatoms. The lowest BCUT2D eigenvalue weighted by atomic mass is 10.2. The van der Waals surface area contributed by atoms with Crippen molar-refractivity contribution in [3.8, 4) is 5.75 Å². The lowest BCUT2D eigenvalue weighted by molar-refractivity contribution is 0.196. The van der Waals surface area contributed by atoms with Crippen LogP contribution >= 0.6 is 11.6 Å². The fourth-order valence-corrected chi connectivity index (χ4v) is 1.66. The summed E-state index contributed by atoms with van der Waals surface area (Å²) in [4.78, 5) is 5.16. The molecule has 0 radical (unpaired) electrons. The standard InChI is InChI=1S/C10H11ClN2O2/c1-14-8-5-3-4-7-10(8)12-9(11)6-13(7)15-2/h3-6,12H,1-2H3. The van der Waals surface area contributed by atoms with Crippen molar-refractivity contribution in [3.63, 3.8) is 0 Å². The van der Waals surface area contributed by atoms with E-state index in [1.807, 2.05) is 18.2 Å². The second-order valence-electron chi connectivity index (χ2n) is 2.96. The number of fused-ring (bicyclic) bond motifs is 1. The van der Waals surface area contributed by atoms with Gasteiger partial charge in [-0.25, -0.2) is 5.06 Å². The van der Waals surface area contributed by atoms with E-state index in [-0.39, 0.29) is 0 Å². The molecule has 0 bridgehead atoms. The highest BCUT2D eigenvalue weighted by Crippen LogP contribution is 2.39. The largest absolute Gasteiger partial charge is 0.494 e. The molecule has 1 aromatic rings. The van der Waals surface area contributed by atoms with Crippen molar-refractivity contribution >= 4 is 23.0 Å². The highest BCUT2D eigenvalue weighted by molar-refractivity contribution is 6.31. The van der Waals surface area contributed by atoms with Gasteiger partial charge < -0.3 is 10.1 Å². The SMILES string of the molecule is COc1cccc2c1NC(Cl)=CN2OC. The fourth-order valence-electron chi connectivity index (χ4n) is 1.47. The zero-order valence-electron chi connectivity index (χ0n) is 8.45. The number of hydrogen-bond donors (Lipinski definition) is 1. The van der Waals surface area contributed by atoms with E-state index in [1.165, 1.54) is 0 Å². The van der Waals surface area contributed by atoms with Gasteiger partial charge in [0.15, 0.2) is 0 Å². The van der Waals surface area contributed by atoms with E-state index in [9.17, 15) is 0 Å². The zero-order chi connectivity index (χ0) is 10.8. The molecule has 1 aliphatic heterocycles. The summed E-state index contributed by atoms with van der Waals surface area (Å²) in [6.07, 6.45) is 1.66. The molecule has 0 saturated heterocycles. The van der Waals surface area contributed by atoms with Crippen LogP contribution in [0.4, 0.5) is 11.4 Å². The van der Waals surface area contributed by atoms with Crippen molar-refractivity contribution < 1.29 is 9.57 Å². The summed E-state index contributed by atoms with van der Waals surface area (Å²) in [6.45, 7) is 0. The maximum Gasteiger partial charge on any atom is 0.144 e. The van der Waals surface area contributed by atoms with E-state index in [2.05, 4.69) is 5.32 Å². The topological polar surface area (TPSA) is 33.7 Å². The van der Waals surface area contributed by atoms with Gasteiger partial charge in [-0.15, -0.1) is 0 Å². The number of benzene rings is 1. The molecule has 0 saturated carbocycles. The summed E-state index contributed by atoms with van der Waals surface area (Å²) >= 11 is 5.92. The van der Waals surface area contributed by atoms with Gasteiger partial charge in [0.05, 0.1) is 26.1 Å². The molecule has 1 N–H and O–H groups in total. The van der Waals surface area contributed by atoms with Gasteiger partial charge in [0.25, 0.3) is 0 Å². The third-order valence-electron chi connectivity index (χ3n) is 2.13. The maximum atomic E-state index is 5.92. The number of methoxy groups -OCH3 is 1. The van der Waals surface area contributed by atoms with Crippen LogP contribution in [0.25, 0.3) is 0 Å². The summed E-state index contributed by atoms with van der Waals surface area (Å²) < 4.78 is 5.22. The van der Waals surface area contributed by atoms with Crippen molar-refractivity contribution in [2.24, 2.45) is 0 Å². The fraction of sp³-hybridized carbons (Fsp3) is 0.200. The smallest absolute Gasteiger partial charge is 0.144 e. The molecular formula is C10H11ClN2O2. The molecule has 4 nitrogen and oxygen atoms in total. The van der Waals surface area contributed by atoms with Crippen molar-refractivity contribution in [2.75, 3.05) is 24.6 Å². The van der Waals surface area contributed by atoms with Gasteiger partial charge in [-0.1, -0.05) is 17.7 Å². The van der Waals surface area contributed by atoms with Crippen LogP contribution in [0.1, 0.15) is 0 Å². The molecule has 0 spiro atoms. The first-order chi connectivity index (χ1) is 7.26. The van der Waals surface area contributed by atoms with E-state index < -0.39 is 0 Å². The van der Waals surface area contributed by atoms with Crippen LogP contribution in [-0.2, 0) is 4.84 Å². The number of nitrogens with zero attached hydrogens (tertiary/aromatic N) is 1. The third kappa shape index (κ3) is 1.73. The lowest BCUT2D eigenvalue weighted by Gasteiger charge is -2.27. The molecular weight excluding hydrogens is 216 g/mol. The predicted octanol–water partition coefficient (Wildman–Crippen LogP) is 2.53. The van der Waals surface area contributed by atoms with Crippen molar-refractivity contribution in [1.29, 1.82) is 0 Å². The van der Waals surface area contributed by atoms with Gasteiger partial charge in [-0.2, -0.15) is 0 Å². The van der Waals surface area contributed by atoms with Crippen LogP contribution in [0, 0.1) is 0 Å². The summed E-state index contributed by atoms with van der Waals surface area (Å²) in [6, 6.07) is 5.65. The van der Waals surface area contributed by atoms with E-state index in [4.69, 9.17) is 21.2 Å². The molecule has 1 heterocycles. The first-order valence-corrected chi connectivity index (χ1v) is 4.78.